The number of benzene rings is 1. The van der Waals surface area contributed by atoms with Crippen LogP contribution in [0.2, 0.25) is 10.0 Å². The van der Waals surface area contributed by atoms with Crippen LogP contribution in [0.5, 0.6) is 5.75 Å². The summed E-state index contributed by atoms with van der Waals surface area (Å²) >= 11 is 11.8. The van der Waals surface area contributed by atoms with E-state index in [0.717, 1.165) is 0 Å². The minimum Gasteiger partial charge on any atom is -0.482 e. The van der Waals surface area contributed by atoms with Crippen LogP contribution in [-0.2, 0) is 9.59 Å². The molecule has 21 heavy (non-hydrogen) atoms. The summed E-state index contributed by atoms with van der Waals surface area (Å²) in [5.74, 6) is -0.643. The van der Waals surface area contributed by atoms with Crippen LogP contribution in [0.25, 0.3) is 0 Å². The second-order valence-electron chi connectivity index (χ2n) is 4.96. The number of likely N-dealkylation sites (tertiary alicyclic amines) is 1. The van der Waals surface area contributed by atoms with Gasteiger partial charge in [0.05, 0.1) is 5.02 Å². The number of carboxylic acid groups (broad SMARTS) is 1. The lowest BCUT2D eigenvalue weighted by molar-refractivity contribution is -0.138. The number of rotatable bonds is 5. The summed E-state index contributed by atoms with van der Waals surface area (Å²) in [5, 5.41) is 9.61. The van der Waals surface area contributed by atoms with Crippen LogP contribution >= 0.6 is 23.2 Å². The number of carbonyl (C=O) groups is 2. The van der Waals surface area contributed by atoms with Gasteiger partial charge in [0.1, 0.15) is 5.75 Å². The first-order valence-corrected chi connectivity index (χ1v) is 7.28. The lowest BCUT2D eigenvalue weighted by atomic mass is 10.1. The van der Waals surface area contributed by atoms with Gasteiger partial charge >= 0.3 is 5.97 Å². The molecule has 0 spiro atoms. The van der Waals surface area contributed by atoms with Crippen LogP contribution in [0.4, 0.5) is 0 Å². The fourth-order valence-corrected chi connectivity index (χ4v) is 2.63. The van der Waals surface area contributed by atoms with E-state index >= 15 is 0 Å². The standard InChI is InChI=1S/C14H15Cl2NO4/c15-10-1-2-11(16)12(6-10)21-8-13(18)17-4-3-9(7-17)5-14(19)20/h1-2,6,9H,3-5,7-8H2,(H,19,20). The molecule has 1 atom stereocenters. The van der Waals surface area contributed by atoms with Gasteiger partial charge in [-0.15, -0.1) is 0 Å². The molecule has 2 rings (SSSR count). The Kier molecular flexibility index (Phi) is 5.31. The van der Waals surface area contributed by atoms with Gasteiger partial charge in [0.2, 0.25) is 0 Å². The molecule has 0 aliphatic carbocycles. The molecule has 5 nitrogen and oxygen atoms in total. The highest BCUT2D eigenvalue weighted by Gasteiger charge is 2.27. The van der Waals surface area contributed by atoms with Gasteiger partial charge in [0.15, 0.2) is 6.61 Å². The Bertz CT molecular complexity index is 550. The summed E-state index contributed by atoms with van der Waals surface area (Å²) in [4.78, 5) is 24.3. The smallest absolute Gasteiger partial charge is 0.303 e. The van der Waals surface area contributed by atoms with Gasteiger partial charge in [-0.1, -0.05) is 23.2 Å². The first kappa shape index (κ1) is 15.9. The zero-order chi connectivity index (χ0) is 15.4. The number of ether oxygens (including phenoxy) is 1. The van der Waals surface area contributed by atoms with Crippen LogP contribution in [0.15, 0.2) is 18.2 Å². The summed E-state index contributed by atoms with van der Waals surface area (Å²) in [6, 6.07) is 4.78. The topological polar surface area (TPSA) is 66.8 Å². The number of carbonyl (C=O) groups excluding carboxylic acids is 1. The summed E-state index contributed by atoms with van der Waals surface area (Å²) in [5.41, 5.74) is 0. The second-order valence-corrected chi connectivity index (χ2v) is 5.80. The van der Waals surface area contributed by atoms with Crippen molar-refractivity contribution in [3.63, 3.8) is 0 Å². The van der Waals surface area contributed by atoms with Gasteiger partial charge in [0, 0.05) is 30.6 Å². The third kappa shape index (κ3) is 4.51. The van der Waals surface area contributed by atoms with E-state index in [4.69, 9.17) is 33.0 Å². The molecular formula is C14H15Cl2NO4. The van der Waals surface area contributed by atoms with Crippen LogP contribution in [0.1, 0.15) is 12.8 Å². The Morgan fingerprint density at radius 2 is 2.14 bits per heavy atom. The van der Waals surface area contributed by atoms with E-state index in [2.05, 4.69) is 0 Å². The Balaban J connectivity index is 1.85. The highest BCUT2D eigenvalue weighted by atomic mass is 35.5. The zero-order valence-electron chi connectivity index (χ0n) is 11.2. The van der Waals surface area contributed by atoms with Crippen molar-refractivity contribution in [3.8, 4) is 5.75 Å². The Labute approximate surface area is 132 Å². The van der Waals surface area contributed by atoms with Crippen molar-refractivity contribution < 1.29 is 19.4 Å². The highest BCUT2D eigenvalue weighted by molar-refractivity contribution is 6.34. The third-order valence-electron chi connectivity index (χ3n) is 3.35. The molecule has 7 heteroatoms. The van der Waals surface area contributed by atoms with Gasteiger partial charge in [-0.2, -0.15) is 0 Å². The van der Waals surface area contributed by atoms with Crippen LogP contribution in [0.3, 0.4) is 0 Å². The van der Waals surface area contributed by atoms with Crippen molar-refractivity contribution >= 4 is 35.1 Å². The fourth-order valence-electron chi connectivity index (χ4n) is 2.29. The number of hydrogen-bond acceptors (Lipinski definition) is 3. The minimum atomic E-state index is -0.837. The van der Waals surface area contributed by atoms with Gasteiger partial charge in [-0.3, -0.25) is 9.59 Å². The summed E-state index contributed by atoms with van der Waals surface area (Å²) in [6.07, 6.45) is 0.792. The Hall–Kier alpha value is -1.46. The van der Waals surface area contributed by atoms with Crippen molar-refractivity contribution in [2.24, 2.45) is 5.92 Å². The molecule has 1 aromatic carbocycles. The van der Waals surface area contributed by atoms with E-state index in [1.807, 2.05) is 0 Å². The average molecular weight is 332 g/mol. The van der Waals surface area contributed by atoms with Crippen molar-refractivity contribution in [1.29, 1.82) is 0 Å². The molecule has 114 valence electrons. The van der Waals surface area contributed by atoms with Gasteiger partial charge in [-0.25, -0.2) is 0 Å². The number of amides is 1. The number of halogens is 2. The van der Waals surface area contributed by atoms with Crippen LogP contribution < -0.4 is 4.74 Å². The van der Waals surface area contributed by atoms with E-state index in [1.165, 1.54) is 0 Å². The molecule has 0 saturated carbocycles. The molecule has 0 radical (unpaired) electrons. The Morgan fingerprint density at radius 3 is 2.86 bits per heavy atom. The van der Waals surface area contributed by atoms with E-state index in [1.54, 1.807) is 23.1 Å². The van der Waals surface area contributed by atoms with Crippen LogP contribution in [-0.4, -0.2) is 41.6 Å². The lowest BCUT2D eigenvalue weighted by Crippen LogP contribution is -2.33. The Morgan fingerprint density at radius 1 is 1.38 bits per heavy atom. The SMILES string of the molecule is O=C(O)CC1CCN(C(=O)COc2cc(Cl)ccc2Cl)C1. The molecule has 1 aliphatic rings. The van der Waals surface area contributed by atoms with Crippen molar-refractivity contribution in [1.82, 2.24) is 4.90 Å². The van der Waals surface area contributed by atoms with E-state index in [-0.39, 0.29) is 24.9 Å². The number of hydrogen-bond donors (Lipinski definition) is 1. The molecule has 1 saturated heterocycles. The number of nitrogens with zero attached hydrogens (tertiary/aromatic N) is 1. The molecule has 1 amide bonds. The lowest BCUT2D eigenvalue weighted by Gasteiger charge is -2.17. The largest absolute Gasteiger partial charge is 0.482 e. The molecule has 0 bridgehead atoms. The van der Waals surface area contributed by atoms with Crippen LogP contribution in [0, 0.1) is 5.92 Å². The third-order valence-corrected chi connectivity index (χ3v) is 3.89. The van der Waals surface area contributed by atoms with Gasteiger partial charge in [0.25, 0.3) is 5.91 Å². The monoisotopic (exact) mass is 331 g/mol. The molecule has 1 unspecified atom stereocenters. The first-order chi connectivity index (χ1) is 9.95. The molecule has 1 heterocycles. The maximum atomic E-state index is 12.0. The highest BCUT2D eigenvalue weighted by Crippen LogP contribution is 2.28. The van der Waals surface area contributed by atoms with Crippen molar-refractivity contribution in [2.45, 2.75) is 12.8 Å². The maximum Gasteiger partial charge on any atom is 0.303 e. The van der Waals surface area contributed by atoms with E-state index in [0.29, 0.717) is 35.3 Å². The predicted octanol–water partition coefficient (Wildman–Crippen LogP) is 2.70. The number of aliphatic carboxylic acids is 1. The fraction of sp³-hybridized carbons (Fsp3) is 0.429. The summed E-state index contributed by atoms with van der Waals surface area (Å²) < 4.78 is 5.38. The summed E-state index contributed by atoms with van der Waals surface area (Å²) in [6.45, 7) is 0.876. The molecule has 1 aliphatic heterocycles. The minimum absolute atomic E-state index is 0.0150. The zero-order valence-corrected chi connectivity index (χ0v) is 12.7. The first-order valence-electron chi connectivity index (χ1n) is 6.53. The second kappa shape index (κ2) is 7.00. The normalized spacial score (nSPS) is 17.8. The van der Waals surface area contributed by atoms with Gasteiger partial charge < -0.3 is 14.7 Å². The molecule has 1 N–H and O–H groups in total. The maximum absolute atomic E-state index is 12.0. The number of carboxylic acids is 1. The van der Waals surface area contributed by atoms with Gasteiger partial charge in [-0.05, 0) is 24.5 Å². The van der Waals surface area contributed by atoms with E-state index in [9.17, 15) is 9.59 Å². The molecule has 0 aromatic heterocycles. The van der Waals surface area contributed by atoms with Crippen molar-refractivity contribution in [2.75, 3.05) is 19.7 Å². The molecular weight excluding hydrogens is 317 g/mol. The van der Waals surface area contributed by atoms with E-state index < -0.39 is 5.97 Å². The molecule has 1 aromatic rings. The van der Waals surface area contributed by atoms with Crippen molar-refractivity contribution in [3.05, 3.63) is 28.2 Å². The quantitative estimate of drug-likeness (QED) is 0.900. The average Bonchev–Trinajstić information content (AvgIpc) is 2.87. The molecule has 1 fully saturated rings. The predicted molar refractivity (Wildman–Crippen MR) is 78.9 cm³/mol. The summed E-state index contributed by atoms with van der Waals surface area (Å²) in [7, 11) is 0.